The fraction of sp³-hybridized carbons (Fsp3) is 0.571. The molecule has 7 nitrogen and oxygen atoms in total. The van der Waals surface area contributed by atoms with E-state index in [0.717, 1.165) is 17.0 Å². The topological polar surface area (TPSA) is 110 Å². The molecule has 0 amide bonds. The van der Waals surface area contributed by atoms with Crippen molar-refractivity contribution in [1.29, 1.82) is 0 Å². The number of nitrogens with one attached hydrogen (secondary N) is 1. The van der Waals surface area contributed by atoms with Gasteiger partial charge in [0.2, 0.25) is 0 Å². The monoisotopic (exact) mass is 440 g/mol. The summed E-state index contributed by atoms with van der Waals surface area (Å²) in [6, 6.07) is 6.04. The Bertz CT molecular complexity index is 826. The van der Waals surface area contributed by atoms with Crippen molar-refractivity contribution >= 4 is 11.1 Å². The van der Waals surface area contributed by atoms with Crippen LogP contribution in [-0.2, 0) is 24.2 Å². The van der Waals surface area contributed by atoms with Gasteiger partial charge in [-0.3, -0.25) is 4.21 Å². The molecule has 1 aromatic heterocycles. The molecule has 0 saturated carbocycles. The van der Waals surface area contributed by atoms with Crippen molar-refractivity contribution < 1.29 is 23.4 Å². The van der Waals surface area contributed by atoms with Gasteiger partial charge in [0.15, 0.2) is 0 Å². The lowest BCUT2D eigenvalue weighted by atomic mass is 10.1. The van der Waals surface area contributed by atoms with E-state index in [1.165, 1.54) is 12.1 Å². The van der Waals surface area contributed by atoms with Crippen LogP contribution in [-0.4, -0.2) is 46.6 Å². The Kier molecular flexibility index (Phi) is 9.57. The highest BCUT2D eigenvalue weighted by Gasteiger charge is 2.21. The average molecular weight is 441 g/mol. The number of aliphatic hydroxyl groups is 2. The van der Waals surface area contributed by atoms with Gasteiger partial charge in [0.25, 0.3) is 0 Å². The molecule has 2 rings (SSSR count). The Morgan fingerprint density at radius 1 is 1.23 bits per heavy atom. The van der Waals surface area contributed by atoms with Crippen LogP contribution in [0.25, 0.3) is 11.4 Å². The maximum absolute atomic E-state index is 13.4. The molecular weight excluding hydrogens is 409 g/mol. The van der Waals surface area contributed by atoms with Gasteiger partial charge in [0.05, 0.1) is 23.8 Å². The standard InChI is InChI=1S/C21H32FN3O4S/c1-4-17(26)11-18(27)9-10-25-20(14(2)3)19(12-23-13-30(28)29)24-21(25)15-5-7-16(22)8-6-15/h5-8,14,17-18,23,26-27H,4,9-13H2,1-3H3,(H,28,29)/p-1. The van der Waals surface area contributed by atoms with Gasteiger partial charge in [-0.25, -0.2) is 9.37 Å². The molecule has 0 aliphatic heterocycles. The van der Waals surface area contributed by atoms with Crippen LogP contribution in [0.5, 0.6) is 0 Å². The van der Waals surface area contributed by atoms with Crippen LogP contribution in [0.2, 0.25) is 0 Å². The molecule has 0 bridgehead atoms. The van der Waals surface area contributed by atoms with Crippen LogP contribution < -0.4 is 5.32 Å². The zero-order chi connectivity index (χ0) is 22.3. The molecule has 30 heavy (non-hydrogen) atoms. The zero-order valence-corrected chi connectivity index (χ0v) is 18.5. The number of nitrogens with zero attached hydrogens (tertiary/aromatic N) is 2. The molecule has 0 aliphatic carbocycles. The molecule has 168 valence electrons. The first-order valence-corrected chi connectivity index (χ1v) is 11.4. The quantitative estimate of drug-likeness (QED) is 0.438. The van der Waals surface area contributed by atoms with Gasteiger partial charge in [-0.1, -0.05) is 20.8 Å². The molecule has 1 heterocycles. The van der Waals surface area contributed by atoms with Crippen molar-refractivity contribution in [1.82, 2.24) is 14.9 Å². The number of rotatable bonds is 12. The number of aliphatic hydroxyl groups excluding tert-OH is 2. The molecule has 0 spiro atoms. The van der Waals surface area contributed by atoms with Crippen LogP contribution in [0, 0.1) is 5.82 Å². The average Bonchev–Trinajstić information content (AvgIpc) is 3.05. The summed E-state index contributed by atoms with van der Waals surface area (Å²) >= 11 is -2.20. The Hall–Kier alpha value is -1.65. The summed E-state index contributed by atoms with van der Waals surface area (Å²) in [4.78, 5) is 4.73. The summed E-state index contributed by atoms with van der Waals surface area (Å²) in [6.45, 7) is 6.66. The van der Waals surface area contributed by atoms with E-state index in [1.54, 1.807) is 12.1 Å². The van der Waals surface area contributed by atoms with E-state index in [0.29, 0.717) is 31.6 Å². The first-order valence-electron chi connectivity index (χ1n) is 10.2. The summed E-state index contributed by atoms with van der Waals surface area (Å²) in [6.07, 6.45) is 0.109. The first-order chi connectivity index (χ1) is 14.2. The number of hydrogen-bond acceptors (Lipinski definition) is 6. The van der Waals surface area contributed by atoms with Crippen LogP contribution in [0.1, 0.15) is 57.3 Å². The molecule has 0 aliphatic rings. The molecule has 0 fully saturated rings. The van der Waals surface area contributed by atoms with Crippen molar-refractivity contribution in [2.75, 3.05) is 5.88 Å². The molecule has 3 unspecified atom stereocenters. The van der Waals surface area contributed by atoms with Crippen LogP contribution in [0.3, 0.4) is 0 Å². The fourth-order valence-corrected chi connectivity index (χ4v) is 3.73. The molecule has 3 N–H and O–H groups in total. The highest BCUT2D eigenvalue weighted by molar-refractivity contribution is 7.79. The summed E-state index contributed by atoms with van der Waals surface area (Å²) in [7, 11) is 0. The highest BCUT2D eigenvalue weighted by Crippen LogP contribution is 2.29. The van der Waals surface area contributed by atoms with E-state index < -0.39 is 23.3 Å². The van der Waals surface area contributed by atoms with Crippen molar-refractivity contribution in [3.63, 3.8) is 0 Å². The normalized spacial score (nSPS) is 14.8. The lowest BCUT2D eigenvalue weighted by Gasteiger charge is -2.19. The zero-order valence-electron chi connectivity index (χ0n) is 17.7. The summed E-state index contributed by atoms with van der Waals surface area (Å²) < 4.78 is 37.1. The van der Waals surface area contributed by atoms with Crippen LogP contribution >= 0.6 is 0 Å². The van der Waals surface area contributed by atoms with Gasteiger partial charge in [-0.05, 0) is 60.5 Å². The van der Waals surface area contributed by atoms with Crippen LogP contribution in [0.15, 0.2) is 24.3 Å². The Morgan fingerprint density at radius 2 is 1.90 bits per heavy atom. The lowest BCUT2D eigenvalue weighted by Crippen LogP contribution is -2.21. The van der Waals surface area contributed by atoms with Gasteiger partial charge in [-0.2, -0.15) is 0 Å². The maximum Gasteiger partial charge on any atom is 0.140 e. The first kappa shape index (κ1) is 24.6. The Morgan fingerprint density at radius 3 is 2.47 bits per heavy atom. The molecule has 2 aromatic rings. The molecule has 0 radical (unpaired) electrons. The predicted octanol–water partition coefficient (Wildman–Crippen LogP) is 2.65. The summed E-state index contributed by atoms with van der Waals surface area (Å²) in [5.41, 5.74) is 2.39. The van der Waals surface area contributed by atoms with Crippen LogP contribution in [0.4, 0.5) is 4.39 Å². The highest BCUT2D eigenvalue weighted by atomic mass is 32.2. The van der Waals surface area contributed by atoms with E-state index in [9.17, 15) is 23.4 Å². The van der Waals surface area contributed by atoms with Gasteiger partial charge < -0.3 is 24.6 Å². The Labute approximate surface area is 179 Å². The van der Waals surface area contributed by atoms with E-state index in [1.807, 2.05) is 25.3 Å². The number of benzene rings is 1. The van der Waals surface area contributed by atoms with E-state index in [4.69, 9.17) is 4.98 Å². The molecule has 1 aromatic carbocycles. The third-order valence-corrected chi connectivity index (χ3v) is 5.39. The second-order valence-corrected chi connectivity index (χ2v) is 8.59. The fourth-order valence-electron chi connectivity index (χ4n) is 3.47. The second-order valence-electron chi connectivity index (χ2n) is 7.70. The molecule has 3 atom stereocenters. The van der Waals surface area contributed by atoms with E-state index in [-0.39, 0.29) is 24.2 Å². The lowest BCUT2D eigenvalue weighted by molar-refractivity contribution is 0.0711. The molecule has 0 saturated heterocycles. The number of halogens is 1. The van der Waals surface area contributed by atoms with E-state index in [2.05, 4.69) is 5.32 Å². The smallest absolute Gasteiger partial charge is 0.140 e. The number of hydrogen-bond donors (Lipinski definition) is 3. The van der Waals surface area contributed by atoms with E-state index >= 15 is 0 Å². The number of imidazole rings is 1. The SMILES string of the molecule is CCC(O)CC(O)CCn1c(-c2ccc(F)cc2)nc(CNCS(=O)[O-])c1C(C)C. The minimum atomic E-state index is -2.20. The van der Waals surface area contributed by atoms with Crippen molar-refractivity contribution in [2.24, 2.45) is 0 Å². The summed E-state index contributed by atoms with van der Waals surface area (Å²) in [5, 5.41) is 23.0. The number of aromatic nitrogens is 2. The van der Waals surface area contributed by atoms with Crippen molar-refractivity contribution in [2.45, 2.75) is 71.2 Å². The third-order valence-electron chi connectivity index (χ3n) is 4.95. The third kappa shape index (κ3) is 6.95. The van der Waals surface area contributed by atoms with Gasteiger partial charge >= 0.3 is 0 Å². The van der Waals surface area contributed by atoms with Gasteiger partial charge in [0, 0.05) is 24.3 Å². The maximum atomic E-state index is 13.4. The van der Waals surface area contributed by atoms with Crippen molar-refractivity contribution in [3.05, 3.63) is 41.5 Å². The minimum Gasteiger partial charge on any atom is -0.771 e. The minimum absolute atomic E-state index is 0.0969. The largest absolute Gasteiger partial charge is 0.771 e. The van der Waals surface area contributed by atoms with Gasteiger partial charge in [0.1, 0.15) is 11.6 Å². The predicted molar refractivity (Wildman–Crippen MR) is 114 cm³/mol. The molecular formula is C21H31FN3O4S-. The second kappa shape index (κ2) is 11.7. The molecule has 9 heteroatoms. The van der Waals surface area contributed by atoms with Crippen molar-refractivity contribution in [3.8, 4) is 11.4 Å². The summed E-state index contributed by atoms with van der Waals surface area (Å²) in [5.74, 6) is 0.218. The Balaban J connectivity index is 2.37. The van der Waals surface area contributed by atoms with Gasteiger partial charge in [-0.15, -0.1) is 0 Å².